The molecule has 6 rings (SSSR count). The monoisotopic (exact) mass is 872 g/mol. The SMILES string of the molecule is CCOc1ccc([C@H]2C(C(=O)OC)=CN=c3s/c(=C\c4cc(I)c(OCc5ccc6ccccc6c5)c(I)c4)c(=O)n32)cc1OCC. The molecule has 8 nitrogen and oxygen atoms in total. The average Bonchev–Trinajstić information content (AvgIpc) is 3.38. The van der Waals surface area contributed by atoms with Crippen LogP contribution in [0.15, 0.2) is 94.4 Å². The van der Waals surface area contributed by atoms with Gasteiger partial charge in [0.25, 0.3) is 5.56 Å². The normalized spacial score (nSPS) is 14.3. The Morgan fingerprint density at radius 2 is 1.64 bits per heavy atom. The van der Waals surface area contributed by atoms with Gasteiger partial charge in [-0.25, -0.2) is 9.79 Å². The largest absolute Gasteiger partial charge is 0.490 e. The number of hydrogen-bond acceptors (Lipinski definition) is 8. The highest BCUT2D eigenvalue weighted by atomic mass is 127. The molecule has 0 saturated heterocycles. The van der Waals surface area contributed by atoms with Crippen molar-refractivity contribution in [3.05, 3.63) is 128 Å². The maximum atomic E-state index is 14.0. The molecule has 2 heterocycles. The van der Waals surface area contributed by atoms with Crippen LogP contribution in [0.3, 0.4) is 0 Å². The fourth-order valence-electron chi connectivity index (χ4n) is 5.42. The Balaban J connectivity index is 1.35. The first kappa shape index (κ1) is 33.2. The molecule has 1 atom stereocenters. The van der Waals surface area contributed by atoms with Crippen LogP contribution >= 0.6 is 56.5 Å². The minimum absolute atomic E-state index is 0.245. The lowest BCUT2D eigenvalue weighted by Crippen LogP contribution is -2.39. The highest BCUT2D eigenvalue weighted by Crippen LogP contribution is 2.35. The van der Waals surface area contributed by atoms with Crippen LogP contribution in [-0.2, 0) is 16.1 Å². The number of aromatic nitrogens is 1. The number of fused-ring (bicyclic) bond motifs is 2. The molecule has 0 spiro atoms. The number of rotatable bonds is 10. The number of methoxy groups -OCH3 is 1. The van der Waals surface area contributed by atoms with Gasteiger partial charge in [-0.1, -0.05) is 53.8 Å². The number of halogens is 2. The molecule has 5 aromatic rings. The second-order valence-corrected chi connectivity index (χ2v) is 13.9. The van der Waals surface area contributed by atoms with Crippen LogP contribution in [0.25, 0.3) is 16.8 Å². The third kappa shape index (κ3) is 6.97. The van der Waals surface area contributed by atoms with Gasteiger partial charge in [0.05, 0.1) is 43.6 Å². The molecule has 0 aliphatic carbocycles. The van der Waals surface area contributed by atoms with Crippen LogP contribution in [0.1, 0.15) is 36.6 Å². The Hall–Kier alpha value is -3.69. The van der Waals surface area contributed by atoms with Crippen LogP contribution in [0.2, 0.25) is 0 Å². The molecular weight excluding hydrogens is 842 g/mol. The first-order valence-electron chi connectivity index (χ1n) is 14.9. The summed E-state index contributed by atoms with van der Waals surface area (Å²) in [6.07, 6.45) is 3.33. The Bertz CT molecular complexity index is 2180. The van der Waals surface area contributed by atoms with E-state index in [1.54, 1.807) is 16.7 Å². The number of benzene rings is 4. The van der Waals surface area contributed by atoms with Crippen molar-refractivity contribution in [2.24, 2.45) is 4.99 Å². The van der Waals surface area contributed by atoms with E-state index in [2.05, 4.69) is 80.5 Å². The maximum Gasteiger partial charge on any atom is 0.337 e. The predicted octanol–water partition coefficient (Wildman–Crippen LogP) is 6.76. The van der Waals surface area contributed by atoms with Gasteiger partial charge in [-0.2, -0.15) is 0 Å². The summed E-state index contributed by atoms with van der Waals surface area (Å²) in [7, 11) is 1.31. The zero-order valence-electron chi connectivity index (χ0n) is 25.8. The van der Waals surface area contributed by atoms with Crippen molar-refractivity contribution in [1.82, 2.24) is 4.57 Å². The fraction of sp³-hybridized carbons (Fsp3) is 0.194. The maximum absolute atomic E-state index is 14.0. The van der Waals surface area contributed by atoms with Crippen molar-refractivity contribution in [2.45, 2.75) is 26.5 Å². The Labute approximate surface area is 302 Å². The van der Waals surface area contributed by atoms with Crippen molar-refractivity contribution < 1.29 is 23.7 Å². The van der Waals surface area contributed by atoms with Crippen molar-refractivity contribution in [3.63, 3.8) is 0 Å². The second kappa shape index (κ2) is 14.6. The van der Waals surface area contributed by atoms with E-state index in [0.29, 0.717) is 46.2 Å². The second-order valence-electron chi connectivity index (χ2n) is 10.5. The average molecular weight is 873 g/mol. The first-order chi connectivity index (χ1) is 22.8. The fourth-order valence-corrected chi connectivity index (χ4v) is 8.52. The molecule has 0 radical (unpaired) electrons. The Kier molecular flexibility index (Phi) is 10.3. The molecule has 0 unspecified atom stereocenters. The van der Waals surface area contributed by atoms with Gasteiger partial charge < -0.3 is 18.9 Å². The highest BCUT2D eigenvalue weighted by molar-refractivity contribution is 14.1. The molecule has 4 aromatic carbocycles. The lowest BCUT2D eigenvalue weighted by molar-refractivity contribution is -0.136. The number of esters is 1. The van der Waals surface area contributed by atoms with Crippen molar-refractivity contribution in [2.75, 3.05) is 20.3 Å². The molecule has 0 amide bonds. The summed E-state index contributed by atoms with van der Waals surface area (Å²) in [5.41, 5.74) is 2.60. The number of hydrogen-bond donors (Lipinski definition) is 0. The molecule has 1 aromatic heterocycles. The molecular formula is C36H30I2N2O6S. The summed E-state index contributed by atoms with van der Waals surface area (Å²) in [4.78, 5) is 31.9. The number of nitrogens with zero attached hydrogens (tertiary/aromatic N) is 2. The van der Waals surface area contributed by atoms with E-state index in [9.17, 15) is 9.59 Å². The van der Waals surface area contributed by atoms with Crippen LogP contribution in [-0.4, -0.2) is 30.9 Å². The number of ether oxygens (including phenoxy) is 4. The molecule has 1 aliphatic rings. The molecule has 47 heavy (non-hydrogen) atoms. The van der Waals surface area contributed by atoms with Crippen LogP contribution in [0.4, 0.5) is 0 Å². The third-order valence-corrected chi connectivity index (χ3v) is 10.1. The zero-order chi connectivity index (χ0) is 33.1. The predicted molar refractivity (Wildman–Crippen MR) is 200 cm³/mol. The molecule has 11 heteroatoms. The van der Waals surface area contributed by atoms with E-state index in [1.165, 1.54) is 35.4 Å². The first-order valence-corrected chi connectivity index (χ1v) is 17.9. The van der Waals surface area contributed by atoms with E-state index in [1.807, 2.05) is 50.3 Å². The van der Waals surface area contributed by atoms with Crippen LogP contribution in [0.5, 0.6) is 17.2 Å². The molecule has 240 valence electrons. The van der Waals surface area contributed by atoms with Gasteiger partial charge in [0.15, 0.2) is 16.3 Å². The summed E-state index contributed by atoms with van der Waals surface area (Å²) >= 11 is 5.81. The van der Waals surface area contributed by atoms with Gasteiger partial charge in [0.1, 0.15) is 12.4 Å². The number of carbonyl (C=O) groups excluding carboxylic acids is 1. The van der Waals surface area contributed by atoms with Gasteiger partial charge in [-0.15, -0.1) is 0 Å². The van der Waals surface area contributed by atoms with Gasteiger partial charge in [-0.05, 0) is 123 Å². The van der Waals surface area contributed by atoms with Gasteiger partial charge in [-0.3, -0.25) is 9.36 Å². The molecule has 0 N–H and O–H groups in total. The third-order valence-electron chi connectivity index (χ3n) is 7.52. The van der Waals surface area contributed by atoms with Crippen molar-refractivity contribution in [3.8, 4) is 17.2 Å². The van der Waals surface area contributed by atoms with Crippen LogP contribution < -0.4 is 29.1 Å². The zero-order valence-corrected chi connectivity index (χ0v) is 30.9. The summed E-state index contributed by atoms with van der Waals surface area (Å²) < 4.78 is 26.8. The van der Waals surface area contributed by atoms with E-state index in [4.69, 9.17) is 18.9 Å². The number of carbonyl (C=O) groups is 1. The Morgan fingerprint density at radius 1 is 0.915 bits per heavy atom. The number of thiazole rings is 1. The molecule has 0 saturated carbocycles. The lowest BCUT2D eigenvalue weighted by Gasteiger charge is -2.23. The smallest absolute Gasteiger partial charge is 0.337 e. The van der Waals surface area contributed by atoms with Crippen molar-refractivity contribution >= 4 is 79.3 Å². The highest BCUT2D eigenvalue weighted by Gasteiger charge is 2.31. The van der Waals surface area contributed by atoms with Gasteiger partial charge >= 0.3 is 5.97 Å². The van der Waals surface area contributed by atoms with Crippen LogP contribution in [0, 0.1) is 7.14 Å². The lowest BCUT2D eigenvalue weighted by atomic mass is 9.97. The summed E-state index contributed by atoms with van der Waals surface area (Å²) in [5, 5.41) is 2.37. The van der Waals surface area contributed by atoms with E-state index < -0.39 is 12.0 Å². The van der Waals surface area contributed by atoms with E-state index >= 15 is 0 Å². The summed E-state index contributed by atoms with van der Waals surface area (Å²) in [6, 6.07) is 23.3. The molecule has 0 fully saturated rings. The van der Waals surface area contributed by atoms with E-state index in [0.717, 1.165) is 24.0 Å². The van der Waals surface area contributed by atoms with Gasteiger partial charge in [0, 0.05) is 6.20 Å². The van der Waals surface area contributed by atoms with E-state index in [-0.39, 0.29) is 11.1 Å². The minimum atomic E-state index is -0.762. The summed E-state index contributed by atoms with van der Waals surface area (Å²) in [5.74, 6) is 1.34. The minimum Gasteiger partial charge on any atom is -0.490 e. The molecule has 0 bridgehead atoms. The Morgan fingerprint density at radius 3 is 2.36 bits per heavy atom. The topological polar surface area (TPSA) is 88.4 Å². The standard InChI is InChI=1S/C36H30I2N2O6S/c1-4-44-29-13-12-25(18-30(29)45-5-2)32-26(35(42)43-3)19-39-36-40(32)34(41)31(47-36)17-22-15-27(37)33(28(38)16-22)46-20-21-10-11-23-8-6-7-9-24(23)14-21/h6-19,32H,4-5,20H2,1-3H3/b31-17-/t32-/m0/s1. The van der Waals surface area contributed by atoms with Crippen molar-refractivity contribution in [1.29, 1.82) is 0 Å². The van der Waals surface area contributed by atoms with Gasteiger partial charge in [0.2, 0.25) is 0 Å². The quantitative estimate of drug-likeness (QED) is 0.114. The summed E-state index contributed by atoms with van der Waals surface area (Å²) in [6.45, 7) is 5.12. The molecule has 1 aliphatic heterocycles.